The first kappa shape index (κ1) is 13.4. The number of hydrogen-bond acceptors (Lipinski definition) is 3. The van der Waals surface area contributed by atoms with Gasteiger partial charge in [-0.2, -0.15) is 0 Å². The summed E-state index contributed by atoms with van der Waals surface area (Å²) in [7, 11) is 3.49. The Morgan fingerprint density at radius 1 is 1.36 bits per heavy atom. The zero-order valence-electron chi connectivity index (χ0n) is 10.0. The van der Waals surface area contributed by atoms with Crippen LogP contribution in [0.2, 0.25) is 0 Å². The maximum Gasteiger partial charge on any atom is 0.309 e. The van der Waals surface area contributed by atoms with Gasteiger partial charge in [0.05, 0.1) is 13.0 Å². The van der Waals surface area contributed by atoms with Crippen LogP contribution in [0.1, 0.15) is 27.2 Å². The molecule has 14 heavy (non-hydrogen) atoms. The van der Waals surface area contributed by atoms with Crippen molar-refractivity contribution in [2.24, 2.45) is 11.8 Å². The maximum atomic E-state index is 11.2. The van der Waals surface area contributed by atoms with Crippen molar-refractivity contribution in [2.75, 3.05) is 27.2 Å². The molecule has 0 rings (SSSR count). The van der Waals surface area contributed by atoms with E-state index in [1.54, 1.807) is 0 Å². The molecule has 0 bridgehead atoms. The normalized spacial score (nSPS) is 15.3. The van der Waals surface area contributed by atoms with Crippen molar-refractivity contribution in [1.29, 1.82) is 0 Å². The number of ether oxygens (including phenoxy) is 1. The Bertz CT molecular complexity index is 171. The topological polar surface area (TPSA) is 29.5 Å². The van der Waals surface area contributed by atoms with Gasteiger partial charge >= 0.3 is 5.97 Å². The van der Waals surface area contributed by atoms with Gasteiger partial charge in [-0.15, -0.1) is 0 Å². The Morgan fingerprint density at radius 2 is 1.93 bits per heavy atom. The lowest BCUT2D eigenvalue weighted by atomic mass is 10.1. The van der Waals surface area contributed by atoms with Gasteiger partial charge in [-0.3, -0.25) is 4.79 Å². The molecule has 0 aromatic carbocycles. The SMILES string of the molecule is CCC(C)CN(C)CC(C)C(=O)OC. The van der Waals surface area contributed by atoms with Crippen molar-refractivity contribution in [3.63, 3.8) is 0 Å². The molecule has 0 aromatic heterocycles. The van der Waals surface area contributed by atoms with E-state index in [0.717, 1.165) is 13.1 Å². The van der Waals surface area contributed by atoms with Crippen LogP contribution in [0, 0.1) is 11.8 Å². The number of rotatable bonds is 6. The minimum atomic E-state index is -0.124. The lowest BCUT2D eigenvalue weighted by Gasteiger charge is -2.22. The van der Waals surface area contributed by atoms with E-state index in [4.69, 9.17) is 0 Å². The molecule has 0 saturated carbocycles. The third-order valence-corrected chi connectivity index (χ3v) is 2.51. The first-order chi connectivity index (χ1) is 6.51. The third-order valence-electron chi connectivity index (χ3n) is 2.51. The van der Waals surface area contributed by atoms with E-state index in [9.17, 15) is 4.79 Å². The fraction of sp³-hybridized carbons (Fsp3) is 0.909. The van der Waals surface area contributed by atoms with Gasteiger partial charge in [-0.25, -0.2) is 0 Å². The Hall–Kier alpha value is -0.570. The second-order valence-corrected chi connectivity index (χ2v) is 4.16. The number of hydrogen-bond donors (Lipinski definition) is 0. The Kier molecular flexibility index (Phi) is 6.54. The molecule has 0 heterocycles. The molecule has 0 amide bonds. The third kappa shape index (κ3) is 5.22. The maximum absolute atomic E-state index is 11.2. The average molecular weight is 201 g/mol. The number of carbonyl (C=O) groups is 1. The van der Waals surface area contributed by atoms with E-state index in [0.29, 0.717) is 5.92 Å². The molecule has 0 spiro atoms. The van der Waals surface area contributed by atoms with Gasteiger partial charge in [-0.1, -0.05) is 27.2 Å². The number of carbonyl (C=O) groups excluding carboxylic acids is 1. The van der Waals surface area contributed by atoms with Crippen molar-refractivity contribution in [3.8, 4) is 0 Å². The summed E-state index contributed by atoms with van der Waals surface area (Å²) in [6.45, 7) is 8.12. The monoisotopic (exact) mass is 201 g/mol. The first-order valence-electron chi connectivity index (χ1n) is 5.27. The summed E-state index contributed by atoms with van der Waals surface area (Å²) in [5.74, 6) is 0.528. The van der Waals surface area contributed by atoms with Gasteiger partial charge in [0, 0.05) is 13.1 Å². The average Bonchev–Trinajstić information content (AvgIpc) is 2.15. The highest BCUT2D eigenvalue weighted by atomic mass is 16.5. The predicted molar refractivity (Wildman–Crippen MR) is 58.1 cm³/mol. The van der Waals surface area contributed by atoms with Crippen LogP contribution in [0.3, 0.4) is 0 Å². The molecular formula is C11H23NO2. The molecule has 0 aliphatic heterocycles. The fourth-order valence-electron chi connectivity index (χ4n) is 1.48. The number of esters is 1. The second-order valence-electron chi connectivity index (χ2n) is 4.16. The lowest BCUT2D eigenvalue weighted by molar-refractivity contribution is -0.145. The van der Waals surface area contributed by atoms with Gasteiger partial charge in [0.2, 0.25) is 0 Å². The molecule has 2 unspecified atom stereocenters. The molecule has 0 fully saturated rings. The van der Waals surface area contributed by atoms with Gasteiger partial charge in [0.15, 0.2) is 0 Å². The molecule has 0 saturated heterocycles. The van der Waals surface area contributed by atoms with Crippen LogP contribution < -0.4 is 0 Å². The lowest BCUT2D eigenvalue weighted by Crippen LogP contribution is -2.32. The Labute approximate surface area is 87.4 Å². The van der Waals surface area contributed by atoms with Crippen LogP contribution in [0.5, 0.6) is 0 Å². The number of methoxy groups -OCH3 is 1. The molecular weight excluding hydrogens is 178 g/mol. The largest absolute Gasteiger partial charge is 0.469 e. The predicted octanol–water partition coefficient (Wildman–Crippen LogP) is 1.77. The van der Waals surface area contributed by atoms with E-state index >= 15 is 0 Å². The molecule has 0 radical (unpaired) electrons. The highest BCUT2D eigenvalue weighted by Gasteiger charge is 2.15. The van der Waals surface area contributed by atoms with Crippen LogP contribution in [0.25, 0.3) is 0 Å². The summed E-state index contributed by atoms with van der Waals surface area (Å²) in [4.78, 5) is 13.3. The minimum Gasteiger partial charge on any atom is -0.469 e. The fourth-order valence-corrected chi connectivity index (χ4v) is 1.48. The molecule has 2 atom stereocenters. The summed E-state index contributed by atoms with van der Waals surface area (Å²) < 4.78 is 4.68. The van der Waals surface area contributed by atoms with Crippen LogP contribution >= 0.6 is 0 Å². The second kappa shape index (κ2) is 6.82. The van der Waals surface area contributed by atoms with E-state index in [2.05, 4.69) is 23.5 Å². The summed E-state index contributed by atoms with van der Waals surface area (Å²) in [5, 5.41) is 0. The van der Waals surface area contributed by atoms with Crippen LogP contribution in [-0.4, -0.2) is 38.1 Å². The van der Waals surface area contributed by atoms with E-state index in [1.165, 1.54) is 13.5 Å². The van der Waals surface area contributed by atoms with Gasteiger partial charge in [-0.05, 0) is 13.0 Å². The Balaban J connectivity index is 3.81. The smallest absolute Gasteiger partial charge is 0.309 e. The first-order valence-corrected chi connectivity index (χ1v) is 5.27. The minimum absolute atomic E-state index is 0.0333. The van der Waals surface area contributed by atoms with Crippen molar-refractivity contribution in [2.45, 2.75) is 27.2 Å². The standard InChI is InChI=1S/C11H23NO2/c1-6-9(2)7-12(4)8-10(3)11(13)14-5/h9-10H,6-8H2,1-5H3. The zero-order valence-corrected chi connectivity index (χ0v) is 10.0. The Morgan fingerprint density at radius 3 is 2.36 bits per heavy atom. The zero-order chi connectivity index (χ0) is 11.1. The van der Waals surface area contributed by atoms with Crippen molar-refractivity contribution >= 4 is 5.97 Å². The van der Waals surface area contributed by atoms with Gasteiger partial charge in [0.25, 0.3) is 0 Å². The summed E-state index contributed by atoms with van der Waals surface area (Å²) in [6.07, 6.45) is 1.18. The van der Waals surface area contributed by atoms with E-state index in [1.807, 2.05) is 14.0 Å². The van der Waals surface area contributed by atoms with Crippen molar-refractivity contribution < 1.29 is 9.53 Å². The van der Waals surface area contributed by atoms with Crippen molar-refractivity contribution in [3.05, 3.63) is 0 Å². The molecule has 84 valence electrons. The van der Waals surface area contributed by atoms with Crippen LogP contribution in [-0.2, 0) is 9.53 Å². The highest BCUT2D eigenvalue weighted by Crippen LogP contribution is 2.06. The molecule has 3 heteroatoms. The molecule has 0 aromatic rings. The summed E-state index contributed by atoms with van der Waals surface area (Å²) >= 11 is 0. The summed E-state index contributed by atoms with van der Waals surface area (Å²) in [5.41, 5.74) is 0. The van der Waals surface area contributed by atoms with Gasteiger partial charge < -0.3 is 9.64 Å². The van der Waals surface area contributed by atoms with E-state index in [-0.39, 0.29) is 11.9 Å². The van der Waals surface area contributed by atoms with E-state index < -0.39 is 0 Å². The highest BCUT2D eigenvalue weighted by molar-refractivity contribution is 5.71. The van der Waals surface area contributed by atoms with Crippen LogP contribution in [0.4, 0.5) is 0 Å². The van der Waals surface area contributed by atoms with Crippen molar-refractivity contribution in [1.82, 2.24) is 4.90 Å². The summed E-state index contributed by atoms with van der Waals surface area (Å²) in [6, 6.07) is 0. The molecule has 3 nitrogen and oxygen atoms in total. The van der Waals surface area contributed by atoms with Gasteiger partial charge in [0.1, 0.15) is 0 Å². The molecule has 0 N–H and O–H groups in total. The van der Waals surface area contributed by atoms with Crippen LogP contribution in [0.15, 0.2) is 0 Å². The molecule has 0 aliphatic rings. The molecule has 0 aliphatic carbocycles. The number of nitrogens with zero attached hydrogens (tertiary/aromatic N) is 1. The quantitative estimate of drug-likeness (QED) is 0.613.